The van der Waals surface area contributed by atoms with Gasteiger partial charge in [-0.3, -0.25) is 37.3 Å². The molecular weight excluding hydrogens is 1090 g/mol. The smallest absolute Gasteiger partial charge is 0.462 e. The Kier molecular flexibility index (Phi) is 55.5. The molecule has 0 aliphatic carbocycles. The molecule has 0 bridgehead atoms. The maximum absolute atomic E-state index is 13.0. The number of carbonyl (C=O) groups is 4. The van der Waals surface area contributed by atoms with E-state index in [1.54, 1.807) is 0 Å². The molecule has 0 radical (unpaired) electrons. The van der Waals surface area contributed by atoms with E-state index < -0.39 is 97.5 Å². The van der Waals surface area contributed by atoms with Crippen molar-refractivity contribution in [1.29, 1.82) is 0 Å². The summed E-state index contributed by atoms with van der Waals surface area (Å²) in [6.07, 6.45) is 40.3. The molecule has 0 aliphatic heterocycles. The molecule has 3 unspecified atom stereocenters. The number of aliphatic hydroxyl groups is 1. The quantitative estimate of drug-likeness (QED) is 0.0222. The van der Waals surface area contributed by atoms with E-state index in [1.807, 2.05) is 0 Å². The summed E-state index contributed by atoms with van der Waals surface area (Å²) in [5, 5.41) is 10.5. The van der Waals surface area contributed by atoms with Crippen LogP contribution in [0.2, 0.25) is 0 Å². The number of rotatable bonds is 63. The average Bonchev–Trinajstić information content (AvgIpc) is 3.47. The first-order valence-electron chi connectivity index (χ1n) is 33.2. The van der Waals surface area contributed by atoms with Crippen LogP contribution in [0.25, 0.3) is 0 Å². The Morgan fingerprint density at radius 2 is 0.585 bits per heavy atom. The molecule has 0 saturated heterocycles. The fraction of sp³-hybridized carbons (Fsp3) is 0.937. The van der Waals surface area contributed by atoms with E-state index >= 15 is 0 Å². The van der Waals surface area contributed by atoms with E-state index in [1.165, 1.54) is 122 Å². The zero-order valence-corrected chi connectivity index (χ0v) is 54.4. The first-order valence-corrected chi connectivity index (χ1v) is 36.2. The molecule has 6 atom stereocenters. The molecule has 0 saturated carbocycles. The lowest BCUT2D eigenvalue weighted by atomic mass is 9.99. The normalized spacial score (nSPS) is 14.6. The molecule has 0 aromatic heterocycles. The summed E-state index contributed by atoms with van der Waals surface area (Å²) in [7, 11) is -9.88. The number of aliphatic hydroxyl groups excluding tert-OH is 1. The Labute approximate surface area is 498 Å². The SMILES string of the molecule is CCCCCCCCCCCCCCCC(=O)OC[C@H](COP(=O)(O)OC[C@@H](O)COP(=O)(O)OC[C@@H](COC(=O)CCCCCCCCC)OC(=O)CCCCCCCCCC)OC(=O)CCCCCCCCCCCCC(C)CC. The van der Waals surface area contributed by atoms with Gasteiger partial charge in [0.1, 0.15) is 19.3 Å². The van der Waals surface area contributed by atoms with Crippen LogP contribution in [0.3, 0.4) is 0 Å². The van der Waals surface area contributed by atoms with Crippen LogP contribution >= 0.6 is 15.6 Å². The maximum Gasteiger partial charge on any atom is 0.472 e. The highest BCUT2D eigenvalue weighted by Gasteiger charge is 2.30. The molecule has 0 heterocycles. The fourth-order valence-electron chi connectivity index (χ4n) is 9.37. The molecule has 0 aromatic carbocycles. The molecule has 19 heteroatoms. The number of phosphoric acid groups is 2. The number of hydrogen-bond donors (Lipinski definition) is 3. The van der Waals surface area contributed by atoms with Gasteiger partial charge in [0.2, 0.25) is 0 Å². The zero-order valence-electron chi connectivity index (χ0n) is 52.6. The Balaban J connectivity index is 5.20. The lowest BCUT2D eigenvalue weighted by Crippen LogP contribution is -2.30. The summed E-state index contributed by atoms with van der Waals surface area (Å²) < 4.78 is 67.8. The van der Waals surface area contributed by atoms with E-state index in [-0.39, 0.29) is 25.7 Å². The number of esters is 4. The maximum atomic E-state index is 13.0. The first-order chi connectivity index (χ1) is 39.6. The van der Waals surface area contributed by atoms with E-state index in [0.717, 1.165) is 115 Å². The standard InChI is InChI=1S/C63H122O17P2/c1-6-10-13-16-19-21-22-23-24-28-33-37-42-47-61(66)74-53-59(80-63(68)49-44-39-34-29-26-25-27-31-35-40-45-56(5)9-4)55-78-82(71,72)76-51-57(64)50-75-81(69,70)77-54-58(52-73-60(65)46-41-36-30-18-15-12-8-3)79-62(67)48-43-38-32-20-17-14-11-7-2/h56-59,64H,6-55H2,1-5H3,(H,69,70)(H,71,72)/t56?,57-,58+,59+/m0/s1. The van der Waals surface area contributed by atoms with Crippen molar-refractivity contribution in [1.82, 2.24) is 0 Å². The van der Waals surface area contributed by atoms with Crippen LogP contribution in [0.15, 0.2) is 0 Å². The van der Waals surface area contributed by atoms with Crippen molar-refractivity contribution in [2.45, 2.75) is 335 Å². The van der Waals surface area contributed by atoms with Gasteiger partial charge < -0.3 is 33.8 Å². The van der Waals surface area contributed by atoms with Crippen molar-refractivity contribution in [2.24, 2.45) is 5.92 Å². The van der Waals surface area contributed by atoms with Crippen LogP contribution in [-0.4, -0.2) is 96.7 Å². The molecule has 486 valence electrons. The molecule has 0 amide bonds. The third-order valence-electron chi connectivity index (χ3n) is 14.9. The lowest BCUT2D eigenvalue weighted by Gasteiger charge is -2.21. The molecule has 82 heavy (non-hydrogen) atoms. The molecule has 0 spiro atoms. The van der Waals surface area contributed by atoms with Crippen molar-refractivity contribution in [2.75, 3.05) is 39.6 Å². The van der Waals surface area contributed by atoms with Crippen molar-refractivity contribution < 1.29 is 80.2 Å². The van der Waals surface area contributed by atoms with Gasteiger partial charge in [-0.05, 0) is 31.6 Å². The summed E-state index contributed by atoms with van der Waals surface area (Å²) in [4.78, 5) is 72.0. The van der Waals surface area contributed by atoms with Crippen LogP contribution in [-0.2, 0) is 65.4 Å². The predicted octanol–water partition coefficient (Wildman–Crippen LogP) is 17.4. The number of unbranched alkanes of at least 4 members (excludes halogenated alkanes) is 34. The second kappa shape index (κ2) is 56.8. The number of hydrogen-bond acceptors (Lipinski definition) is 15. The van der Waals surface area contributed by atoms with Crippen molar-refractivity contribution in [3.8, 4) is 0 Å². The summed E-state index contributed by atoms with van der Waals surface area (Å²) in [6, 6.07) is 0. The minimum atomic E-state index is -4.94. The first kappa shape index (κ1) is 80.1. The number of phosphoric ester groups is 2. The van der Waals surface area contributed by atoms with Crippen LogP contribution in [0.1, 0.15) is 317 Å². The summed E-state index contributed by atoms with van der Waals surface area (Å²) in [6.45, 7) is 7.15. The summed E-state index contributed by atoms with van der Waals surface area (Å²) in [5.41, 5.74) is 0. The van der Waals surface area contributed by atoms with E-state index in [2.05, 4.69) is 34.6 Å². The molecular formula is C63H122O17P2. The molecule has 0 aliphatic rings. The molecule has 0 rings (SSSR count). The fourth-order valence-corrected chi connectivity index (χ4v) is 11.0. The lowest BCUT2D eigenvalue weighted by molar-refractivity contribution is -0.161. The van der Waals surface area contributed by atoms with Gasteiger partial charge in [-0.1, -0.05) is 266 Å². The third-order valence-corrected chi connectivity index (χ3v) is 16.8. The van der Waals surface area contributed by atoms with Gasteiger partial charge in [0.05, 0.1) is 26.4 Å². The molecule has 3 N–H and O–H groups in total. The second-order valence-corrected chi connectivity index (χ2v) is 25.9. The highest BCUT2D eigenvalue weighted by molar-refractivity contribution is 7.47. The largest absolute Gasteiger partial charge is 0.472 e. The Morgan fingerprint density at radius 1 is 0.341 bits per heavy atom. The zero-order chi connectivity index (χ0) is 60.6. The van der Waals surface area contributed by atoms with Crippen molar-refractivity contribution in [3.63, 3.8) is 0 Å². The van der Waals surface area contributed by atoms with E-state index in [0.29, 0.717) is 25.7 Å². The minimum absolute atomic E-state index is 0.105. The van der Waals surface area contributed by atoms with Crippen LogP contribution in [0.4, 0.5) is 0 Å². The Bertz CT molecular complexity index is 1600. The van der Waals surface area contributed by atoms with Crippen LogP contribution < -0.4 is 0 Å². The monoisotopic (exact) mass is 1210 g/mol. The van der Waals surface area contributed by atoms with E-state index in [4.69, 9.17) is 37.0 Å². The summed E-state index contributed by atoms with van der Waals surface area (Å²) >= 11 is 0. The van der Waals surface area contributed by atoms with Gasteiger partial charge >= 0.3 is 39.5 Å². The second-order valence-electron chi connectivity index (χ2n) is 23.0. The molecule has 17 nitrogen and oxygen atoms in total. The average molecular weight is 1210 g/mol. The van der Waals surface area contributed by atoms with Crippen LogP contribution in [0.5, 0.6) is 0 Å². The predicted molar refractivity (Wildman–Crippen MR) is 326 cm³/mol. The van der Waals surface area contributed by atoms with Gasteiger partial charge in [0.15, 0.2) is 12.2 Å². The molecule has 0 aromatic rings. The minimum Gasteiger partial charge on any atom is -0.462 e. The summed E-state index contributed by atoms with van der Waals surface area (Å²) in [5.74, 6) is -1.34. The number of carbonyl (C=O) groups excluding carboxylic acids is 4. The van der Waals surface area contributed by atoms with E-state index in [9.17, 15) is 43.2 Å². The van der Waals surface area contributed by atoms with Crippen molar-refractivity contribution >= 4 is 39.5 Å². The highest BCUT2D eigenvalue weighted by Crippen LogP contribution is 2.45. The Hall–Kier alpha value is -1.94. The highest BCUT2D eigenvalue weighted by atomic mass is 31.2. The van der Waals surface area contributed by atoms with Crippen molar-refractivity contribution in [3.05, 3.63) is 0 Å². The van der Waals surface area contributed by atoms with Gasteiger partial charge in [-0.2, -0.15) is 0 Å². The van der Waals surface area contributed by atoms with Gasteiger partial charge in [0.25, 0.3) is 0 Å². The molecule has 0 fully saturated rings. The topological polar surface area (TPSA) is 237 Å². The van der Waals surface area contributed by atoms with Gasteiger partial charge in [0, 0.05) is 25.7 Å². The van der Waals surface area contributed by atoms with Gasteiger partial charge in [-0.25, -0.2) is 9.13 Å². The van der Waals surface area contributed by atoms with Gasteiger partial charge in [-0.15, -0.1) is 0 Å². The Morgan fingerprint density at radius 3 is 0.866 bits per heavy atom. The van der Waals surface area contributed by atoms with Crippen LogP contribution in [0, 0.1) is 5.92 Å². The third kappa shape index (κ3) is 55.9. The number of ether oxygens (including phenoxy) is 4.